The normalized spacial score (nSPS) is 20.5. The molecule has 1 saturated heterocycles. The highest BCUT2D eigenvalue weighted by atomic mass is 16.3. The van der Waals surface area contributed by atoms with Gasteiger partial charge in [0.2, 0.25) is 0 Å². The van der Waals surface area contributed by atoms with E-state index in [1.165, 1.54) is 0 Å². The van der Waals surface area contributed by atoms with Crippen molar-refractivity contribution in [2.45, 2.75) is 25.9 Å². The molecule has 1 aromatic carbocycles. The van der Waals surface area contributed by atoms with Gasteiger partial charge in [0.1, 0.15) is 5.75 Å². The van der Waals surface area contributed by atoms with E-state index in [1.807, 2.05) is 24.3 Å². The minimum atomic E-state index is 0.233. The summed E-state index contributed by atoms with van der Waals surface area (Å²) < 4.78 is 0. The SMILES string of the molecule is CC(C)N1CCN2c3cc(-c4ccccc4O)nnc3NC[C@@H]2C1. The second kappa shape index (κ2) is 5.94. The molecular weight excluding hydrogens is 302 g/mol. The van der Waals surface area contributed by atoms with Gasteiger partial charge >= 0.3 is 0 Å². The fourth-order valence-corrected chi connectivity index (χ4v) is 3.60. The number of aromatic hydroxyl groups is 1. The molecule has 0 bridgehead atoms. The zero-order valence-electron chi connectivity index (χ0n) is 14.1. The summed E-state index contributed by atoms with van der Waals surface area (Å²) in [7, 11) is 0. The topological polar surface area (TPSA) is 64.5 Å². The maximum Gasteiger partial charge on any atom is 0.172 e. The van der Waals surface area contributed by atoms with E-state index in [-0.39, 0.29) is 5.75 Å². The third kappa shape index (κ3) is 2.57. The average molecular weight is 325 g/mol. The van der Waals surface area contributed by atoms with Gasteiger partial charge in [-0.25, -0.2) is 0 Å². The number of benzene rings is 1. The van der Waals surface area contributed by atoms with E-state index in [0.29, 0.717) is 17.8 Å². The van der Waals surface area contributed by atoms with Crippen molar-refractivity contribution in [3.8, 4) is 17.0 Å². The molecule has 2 aliphatic rings. The zero-order valence-corrected chi connectivity index (χ0v) is 14.1. The third-order valence-corrected chi connectivity index (χ3v) is 5.01. The van der Waals surface area contributed by atoms with Crippen molar-refractivity contribution in [2.75, 3.05) is 36.4 Å². The Balaban J connectivity index is 1.68. The van der Waals surface area contributed by atoms with Gasteiger partial charge in [-0.2, -0.15) is 0 Å². The van der Waals surface area contributed by atoms with E-state index in [4.69, 9.17) is 0 Å². The summed E-state index contributed by atoms with van der Waals surface area (Å²) in [6, 6.07) is 10.3. The number of piperazine rings is 1. The number of phenolic OH excluding ortho intramolecular Hbond substituents is 1. The van der Waals surface area contributed by atoms with Crippen LogP contribution in [0.4, 0.5) is 11.5 Å². The molecule has 2 aromatic rings. The van der Waals surface area contributed by atoms with Crippen LogP contribution >= 0.6 is 0 Å². The van der Waals surface area contributed by atoms with Gasteiger partial charge in [0.25, 0.3) is 0 Å². The summed E-state index contributed by atoms with van der Waals surface area (Å²) in [6.45, 7) is 8.49. The van der Waals surface area contributed by atoms with Crippen LogP contribution < -0.4 is 10.2 Å². The van der Waals surface area contributed by atoms with Crippen LogP contribution in [0.5, 0.6) is 5.75 Å². The van der Waals surface area contributed by atoms with Gasteiger partial charge in [-0.05, 0) is 32.0 Å². The maximum atomic E-state index is 10.1. The highest BCUT2D eigenvalue weighted by Gasteiger charge is 2.33. The molecule has 126 valence electrons. The predicted molar refractivity (Wildman–Crippen MR) is 95.5 cm³/mol. The molecule has 1 fully saturated rings. The highest BCUT2D eigenvalue weighted by Crippen LogP contribution is 2.35. The van der Waals surface area contributed by atoms with Gasteiger partial charge in [-0.3, -0.25) is 4.90 Å². The van der Waals surface area contributed by atoms with Crippen molar-refractivity contribution in [1.29, 1.82) is 0 Å². The second-order valence-electron chi connectivity index (χ2n) is 6.80. The van der Waals surface area contributed by atoms with Crippen molar-refractivity contribution < 1.29 is 5.11 Å². The first-order valence-electron chi connectivity index (χ1n) is 8.54. The number of phenols is 1. The molecule has 3 heterocycles. The Morgan fingerprint density at radius 2 is 2.04 bits per heavy atom. The zero-order chi connectivity index (χ0) is 16.7. The molecule has 1 aromatic heterocycles. The maximum absolute atomic E-state index is 10.1. The molecule has 2 N–H and O–H groups in total. The first-order valence-corrected chi connectivity index (χ1v) is 8.54. The highest BCUT2D eigenvalue weighted by molar-refractivity contribution is 5.76. The molecule has 0 saturated carbocycles. The lowest BCUT2D eigenvalue weighted by atomic mass is 10.0. The molecule has 1 atom stereocenters. The van der Waals surface area contributed by atoms with Gasteiger partial charge in [-0.15, -0.1) is 10.2 Å². The largest absolute Gasteiger partial charge is 0.507 e. The summed E-state index contributed by atoms with van der Waals surface area (Å²) in [6.07, 6.45) is 0. The molecule has 0 aliphatic carbocycles. The van der Waals surface area contributed by atoms with Gasteiger partial charge in [0.15, 0.2) is 5.82 Å². The molecule has 0 spiro atoms. The number of rotatable bonds is 2. The standard InChI is InChI=1S/C18H23N5O/c1-12(2)22-7-8-23-13(11-22)10-19-18-16(23)9-15(20-21-18)14-5-3-4-6-17(14)24/h3-6,9,12-13,24H,7-8,10-11H2,1-2H3,(H,19,21)/t13-/m1/s1. The van der Waals surface area contributed by atoms with Gasteiger partial charge in [-0.1, -0.05) is 12.1 Å². The van der Waals surface area contributed by atoms with Gasteiger partial charge in [0, 0.05) is 37.8 Å². The Morgan fingerprint density at radius 1 is 1.21 bits per heavy atom. The van der Waals surface area contributed by atoms with Crippen LogP contribution in [0, 0.1) is 0 Å². The number of anilines is 2. The van der Waals surface area contributed by atoms with Crippen LogP contribution in [0.15, 0.2) is 30.3 Å². The number of aromatic nitrogens is 2. The third-order valence-electron chi connectivity index (χ3n) is 5.01. The minimum Gasteiger partial charge on any atom is -0.507 e. The molecular formula is C18H23N5O. The summed E-state index contributed by atoms with van der Waals surface area (Å²) in [5.74, 6) is 1.07. The fraction of sp³-hybridized carbons (Fsp3) is 0.444. The summed E-state index contributed by atoms with van der Waals surface area (Å²) in [5, 5.41) is 22.2. The quantitative estimate of drug-likeness (QED) is 0.882. The number of hydrogen-bond acceptors (Lipinski definition) is 6. The molecule has 24 heavy (non-hydrogen) atoms. The smallest absolute Gasteiger partial charge is 0.172 e. The summed E-state index contributed by atoms with van der Waals surface area (Å²) >= 11 is 0. The van der Waals surface area contributed by atoms with Crippen molar-refractivity contribution in [3.05, 3.63) is 30.3 Å². The number of nitrogens with one attached hydrogen (secondary N) is 1. The van der Waals surface area contributed by atoms with E-state index >= 15 is 0 Å². The molecule has 0 radical (unpaired) electrons. The fourth-order valence-electron chi connectivity index (χ4n) is 3.60. The Morgan fingerprint density at radius 3 is 2.83 bits per heavy atom. The molecule has 2 aliphatic heterocycles. The van der Waals surface area contributed by atoms with Crippen molar-refractivity contribution in [3.63, 3.8) is 0 Å². The van der Waals surface area contributed by atoms with Gasteiger partial charge in [0.05, 0.1) is 17.4 Å². The molecule has 0 unspecified atom stereocenters. The number of hydrogen-bond donors (Lipinski definition) is 2. The summed E-state index contributed by atoms with van der Waals surface area (Å²) in [5.41, 5.74) is 2.51. The van der Waals surface area contributed by atoms with Crippen LogP contribution in [0.2, 0.25) is 0 Å². The Labute approximate surface area is 142 Å². The Kier molecular flexibility index (Phi) is 3.76. The average Bonchev–Trinajstić information content (AvgIpc) is 2.61. The lowest BCUT2D eigenvalue weighted by molar-refractivity contribution is 0.182. The van der Waals surface area contributed by atoms with Crippen LogP contribution in [0.3, 0.4) is 0 Å². The molecule has 6 heteroatoms. The number of fused-ring (bicyclic) bond motifs is 3. The monoisotopic (exact) mass is 325 g/mol. The van der Waals surface area contributed by atoms with Crippen LogP contribution in [0.1, 0.15) is 13.8 Å². The minimum absolute atomic E-state index is 0.233. The van der Waals surface area contributed by atoms with E-state index in [2.05, 4.69) is 39.2 Å². The van der Waals surface area contributed by atoms with Crippen LogP contribution in [0.25, 0.3) is 11.3 Å². The Bertz CT molecular complexity index is 748. The first-order chi connectivity index (χ1) is 11.6. The van der Waals surface area contributed by atoms with Crippen molar-refractivity contribution in [1.82, 2.24) is 15.1 Å². The second-order valence-corrected chi connectivity index (χ2v) is 6.80. The van der Waals surface area contributed by atoms with E-state index in [9.17, 15) is 5.11 Å². The van der Waals surface area contributed by atoms with Crippen LogP contribution in [-0.4, -0.2) is 58.5 Å². The lowest BCUT2D eigenvalue weighted by Crippen LogP contribution is -2.59. The number of para-hydroxylation sites is 1. The van der Waals surface area contributed by atoms with Crippen molar-refractivity contribution >= 4 is 11.5 Å². The first kappa shape index (κ1) is 15.2. The van der Waals surface area contributed by atoms with E-state index in [0.717, 1.165) is 43.2 Å². The van der Waals surface area contributed by atoms with Crippen LogP contribution in [-0.2, 0) is 0 Å². The lowest BCUT2D eigenvalue weighted by Gasteiger charge is -2.47. The molecule has 0 amide bonds. The number of nitrogens with zero attached hydrogens (tertiary/aromatic N) is 4. The molecule has 4 rings (SSSR count). The Hall–Kier alpha value is -2.34. The van der Waals surface area contributed by atoms with E-state index in [1.54, 1.807) is 6.07 Å². The van der Waals surface area contributed by atoms with Crippen molar-refractivity contribution in [2.24, 2.45) is 0 Å². The molecule has 6 nitrogen and oxygen atoms in total. The summed E-state index contributed by atoms with van der Waals surface area (Å²) in [4.78, 5) is 4.95. The van der Waals surface area contributed by atoms with E-state index < -0.39 is 0 Å². The predicted octanol–water partition coefficient (Wildman–Crippen LogP) is 2.17. The van der Waals surface area contributed by atoms with Gasteiger partial charge < -0.3 is 15.3 Å².